The van der Waals surface area contributed by atoms with Gasteiger partial charge in [-0.05, 0) is 0 Å². The third-order valence-corrected chi connectivity index (χ3v) is 14.8. The van der Waals surface area contributed by atoms with E-state index in [1.165, 1.54) is 50.2 Å². The Labute approximate surface area is 232 Å². The van der Waals surface area contributed by atoms with Gasteiger partial charge in [-0.25, -0.2) is 0 Å². The summed E-state index contributed by atoms with van der Waals surface area (Å²) in [5.41, 5.74) is 1.90. The molecule has 0 N–H and O–H groups in total. The molecule has 0 bridgehead atoms. The molecule has 39 heavy (non-hydrogen) atoms. The number of furan rings is 1. The fraction of sp³-hybridized carbons (Fsp3) is 0.0556. The first-order chi connectivity index (χ1) is 19.3. The van der Waals surface area contributed by atoms with Gasteiger partial charge < -0.3 is 0 Å². The molecule has 1 aliphatic heterocycles. The maximum absolute atomic E-state index is 6.51. The topological polar surface area (TPSA) is 22.4 Å². The summed E-state index contributed by atoms with van der Waals surface area (Å²) in [4.78, 5) is 0. The summed E-state index contributed by atoms with van der Waals surface area (Å²) in [6, 6.07) is 37.7. The summed E-state index contributed by atoms with van der Waals surface area (Å²) < 4.78 is 16.2. The molecule has 2 aliphatic rings. The molecule has 2 unspecified atom stereocenters. The van der Waals surface area contributed by atoms with Crippen molar-refractivity contribution < 1.29 is 9.15 Å². The number of fused-ring (bicyclic) bond motifs is 11. The van der Waals surface area contributed by atoms with Gasteiger partial charge in [0.25, 0.3) is 0 Å². The van der Waals surface area contributed by atoms with Gasteiger partial charge in [-0.2, -0.15) is 0 Å². The van der Waals surface area contributed by atoms with Gasteiger partial charge in [-0.3, -0.25) is 0 Å². The number of hydrogen-bond acceptors (Lipinski definition) is 2. The first-order valence-electron chi connectivity index (χ1n) is 13.3. The quantitative estimate of drug-likeness (QED) is 0.104. The predicted molar refractivity (Wildman–Crippen MR) is 171 cm³/mol. The Morgan fingerprint density at radius 1 is 0.513 bits per heavy atom. The summed E-state index contributed by atoms with van der Waals surface area (Å²) >= 11 is -1.85. The van der Waals surface area contributed by atoms with Crippen LogP contribution in [0, 0.1) is 7.14 Å². The molecule has 0 radical (unpaired) electrons. The Balaban J connectivity index is 1.32. The molecule has 0 saturated carbocycles. The zero-order valence-corrected chi connectivity index (χ0v) is 23.1. The van der Waals surface area contributed by atoms with Gasteiger partial charge in [-0.15, -0.1) is 0 Å². The van der Waals surface area contributed by atoms with Crippen LogP contribution in [0.3, 0.4) is 0 Å². The number of allylic oxidation sites excluding steroid dienone is 2. The average molecular weight is 614 g/mol. The number of alkyl halides is 1. The van der Waals surface area contributed by atoms with Crippen LogP contribution >= 0.6 is 19.8 Å². The van der Waals surface area contributed by atoms with Crippen LogP contribution in [0.4, 0.5) is 0 Å². The van der Waals surface area contributed by atoms with E-state index in [0.717, 1.165) is 16.9 Å². The molecule has 1 aromatic heterocycles. The molecule has 2 atom stereocenters. The van der Waals surface area contributed by atoms with Crippen molar-refractivity contribution in [1.29, 1.82) is 0 Å². The van der Waals surface area contributed by atoms with Crippen LogP contribution in [0.5, 0.6) is 5.75 Å². The standard InChI is InChI=1S/C36H23IO2/c1-3-11-25-23(9-1)24-10-2-4-12-26(24)28-21-36-30(20-27(25)28)29-19-22(17-18-33(29)38-36)37-31-13-5-7-15-34(31)39-35-16-8-6-14-32(35)37/h1-21,31,34H. The van der Waals surface area contributed by atoms with E-state index in [4.69, 9.17) is 9.15 Å². The SMILES string of the molecule is C1=CC2Oc3ccccc3I(c3ccc4oc5cc6c7ccccc7c7ccccc7c6cc5c4c3)C2C=C1. The number of benzene rings is 6. The molecule has 2 nitrogen and oxygen atoms in total. The minimum absolute atomic E-state index is 0.107. The summed E-state index contributed by atoms with van der Waals surface area (Å²) in [7, 11) is 0. The van der Waals surface area contributed by atoms with Crippen molar-refractivity contribution in [2.24, 2.45) is 0 Å². The van der Waals surface area contributed by atoms with E-state index in [9.17, 15) is 0 Å². The zero-order chi connectivity index (χ0) is 25.5. The summed E-state index contributed by atoms with van der Waals surface area (Å²) in [5, 5.41) is 10.0. The van der Waals surface area contributed by atoms with Crippen LogP contribution in [0.2, 0.25) is 0 Å². The second-order valence-corrected chi connectivity index (χ2v) is 15.9. The Kier molecular flexibility index (Phi) is 4.59. The third kappa shape index (κ3) is 3.14. The van der Waals surface area contributed by atoms with E-state index < -0.39 is 19.8 Å². The van der Waals surface area contributed by atoms with Gasteiger partial charge in [0.05, 0.1) is 0 Å². The summed E-state index contributed by atoms with van der Waals surface area (Å²) in [5.74, 6) is 1.05. The summed E-state index contributed by atoms with van der Waals surface area (Å²) in [6.45, 7) is 0. The van der Waals surface area contributed by atoms with E-state index in [1.807, 2.05) is 0 Å². The molecule has 0 fully saturated rings. The van der Waals surface area contributed by atoms with Crippen molar-refractivity contribution in [2.45, 2.75) is 10.0 Å². The molecule has 2 heterocycles. The molecule has 0 amide bonds. The zero-order valence-electron chi connectivity index (χ0n) is 21.0. The van der Waals surface area contributed by atoms with Crippen LogP contribution in [0.15, 0.2) is 132 Å². The van der Waals surface area contributed by atoms with Crippen LogP contribution < -0.4 is 4.74 Å². The van der Waals surface area contributed by atoms with Crippen molar-refractivity contribution in [3.05, 3.63) is 135 Å². The molecule has 186 valence electrons. The molecule has 3 heteroatoms. The van der Waals surface area contributed by atoms with Crippen LogP contribution in [0.25, 0.3) is 54.3 Å². The molecular weight excluding hydrogens is 591 g/mol. The van der Waals surface area contributed by atoms with E-state index in [-0.39, 0.29) is 6.10 Å². The molecule has 0 saturated heterocycles. The van der Waals surface area contributed by atoms with Gasteiger partial charge in [0.1, 0.15) is 0 Å². The van der Waals surface area contributed by atoms with Gasteiger partial charge in [-0.1, -0.05) is 0 Å². The van der Waals surface area contributed by atoms with Crippen molar-refractivity contribution in [3.8, 4) is 5.75 Å². The summed E-state index contributed by atoms with van der Waals surface area (Å²) in [6.07, 6.45) is 9.01. The van der Waals surface area contributed by atoms with E-state index in [1.54, 1.807) is 0 Å². The van der Waals surface area contributed by atoms with Gasteiger partial charge >= 0.3 is 234 Å². The number of hydrogen-bond donors (Lipinski definition) is 0. The van der Waals surface area contributed by atoms with Crippen molar-refractivity contribution in [2.75, 3.05) is 0 Å². The first kappa shape index (κ1) is 21.8. The molecule has 7 aromatic rings. The van der Waals surface area contributed by atoms with Crippen LogP contribution in [-0.4, -0.2) is 10.0 Å². The number of ether oxygens (including phenoxy) is 1. The van der Waals surface area contributed by atoms with Gasteiger partial charge in [0, 0.05) is 0 Å². The third-order valence-electron chi connectivity index (χ3n) is 8.12. The van der Waals surface area contributed by atoms with E-state index in [2.05, 4.69) is 127 Å². The fourth-order valence-corrected chi connectivity index (χ4v) is 13.1. The average Bonchev–Trinajstić information content (AvgIpc) is 3.36. The van der Waals surface area contributed by atoms with Crippen LogP contribution in [-0.2, 0) is 0 Å². The second kappa shape index (κ2) is 8.20. The predicted octanol–water partition coefficient (Wildman–Crippen LogP) is 9.85. The minimum atomic E-state index is -1.85. The Morgan fingerprint density at radius 2 is 1.15 bits per heavy atom. The molecular formula is C36H23IO2. The Bertz CT molecular complexity index is 2180. The number of rotatable bonds is 1. The molecule has 9 rings (SSSR count). The Morgan fingerprint density at radius 3 is 1.95 bits per heavy atom. The maximum atomic E-state index is 6.51. The molecule has 1 aliphatic carbocycles. The normalized spacial score (nSPS) is 19.1. The van der Waals surface area contributed by atoms with Crippen molar-refractivity contribution >= 4 is 74.1 Å². The molecule has 6 aromatic carbocycles. The second-order valence-electron chi connectivity index (χ2n) is 10.3. The monoisotopic (exact) mass is 614 g/mol. The van der Waals surface area contributed by atoms with Crippen LogP contribution in [0.1, 0.15) is 0 Å². The van der Waals surface area contributed by atoms with E-state index in [0.29, 0.717) is 3.92 Å². The molecule has 0 spiro atoms. The van der Waals surface area contributed by atoms with E-state index >= 15 is 0 Å². The van der Waals surface area contributed by atoms with Gasteiger partial charge in [0.2, 0.25) is 0 Å². The Hall–Kier alpha value is -4.09. The first-order valence-corrected chi connectivity index (χ1v) is 16.7. The van der Waals surface area contributed by atoms with Gasteiger partial charge in [0.15, 0.2) is 0 Å². The van der Waals surface area contributed by atoms with Crippen molar-refractivity contribution in [3.63, 3.8) is 0 Å². The fourth-order valence-electron chi connectivity index (χ4n) is 6.39. The number of halogens is 1. The van der Waals surface area contributed by atoms with Crippen molar-refractivity contribution in [1.82, 2.24) is 0 Å². The number of para-hydroxylation sites is 1.